The molecule has 0 bridgehead atoms. The summed E-state index contributed by atoms with van der Waals surface area (Å²) in [7, 11) is 0. The first-order valence-electron chi connectivity index (χ1n) is 7.57. The van der Waals surface area contributed by atoms with Gasteiger partial charge in [0.1, 0.15) is 0 Å². The maximum atomic E-state index is 3.75. The minimum Gasteiger partial charge on any atom is -0.309 e. The molecule has 17 heavy (non-hydrogen) atoms. The lowest BCUT2D eigenvalue weighted by atomic mass is 9.92. The largest absolute Gasteiger partial charge is 0.309 e. The van der Waals surface area contributed by atoms with Crippen LogP contribution in [0.5, 0.6) is 0 Å². The highest BCUT2D eigenvalue weighted by atomic mass is 15.2. The minimum absolute atomic E-state index is 0.427. The highest BCUT2D eigenvalue weighted by Crippen LogP contribution is 2.40. The van der Waals surface area contributed by atoms with Crippen molar-refractivity contribution >= 4 is 0 Å². The average molecular weight is 238 g/mol. The molecule has 0 aromatic carbocycles. The quantitative estimate of drug-likeness (QED) is 0.716. The van der Waals surface area contributed by atoms with Crippen molar-refractivity contribution in [2.24, 2.45) is 11.8 Å². The molecule has 2 aliphatic rings. The summed E-state index contributed by atoms with van der Waals surface area (Å²) in [6.45, 7) is 12.1. The van der Waals surface area contributed by atoms with Crippen LogP contribution < -0.4 is 5.32 Å². The normalized spacial score (nSPS) is 31.1. The summed E-state index contributed by atoms with van der Waals surface area (Å²) in [6, 6.07) is 0. The molecule has 1 aliphatic heterocycles. The Hall–Kier alpha value is -0.0800. The SMILES string of the molecule is CC(C)CCCCN1CCNC(C)(C2CC2)C1. The predicted molar refractivity (Wildman–Crippen MR) is 74.3 cm³/mol. The second-order valence-electron chi connectivity index (χ2n) is 6.78. The van der Waals surface area contributed by atoms with Crippen molar-refractivity contribution in [3.05, 3.63) is 0 Å². The third-order valence-electron chi connectivity index (χ3n) is 4.49. The van der Waals surface area contributed by atoms with Crippen LogP contribution in [0.3, 0.4) is 0 Å². The van der Waals surface area contributed by atoms with Gasteiger partial charge in [-0.1, -0.05) is 26.7 Å². The maximum absolute atomic E-state index is 3.75. The van der Waals surface area contributed by atoms with Gasteiger partial charge in [-0.3, -0.25) is 0 Å². The van der Waals surface area contributed by atoms with Crippen LogP contribution in [0, 0.1) is 11.8 Å². The molecule has 0 radical (unpaired) electrons. The van der Waals surface area contributed by atoms with E-state index < -0.39 is 0 Å². The molecule has 2 fully saturated rings. The van der Waals surface area contributed by atoms with E-state index in [9.17, 15) is 0 Å². The van der Waals surface area contributed by atoms with Crippen LogP contribution in [0.25, 0.3) is 0 Å². The number of hydrogen-bond donors (Lipinski definition) is 1. The molecular formula is C15H30N2. The van der Waals surface area contributed by atoms with Gasteiger partial charge in [0.15, 0.2) is 0 Å². The van der Waals surface area contributed by atoms with Gasteiger partial charge in [0.05, 0.1) is 0 Å². The van der Waals surface area contributed by atoms with Crippen molar-refractivity contribution in [1.82, 2.24) is 10.2 Å². The molecule has 1 saturated heterocycles. The zero-order chi connectivity index (χ0) is 12.3. The molecule has 100 valence electrons. The molecule has 0 aromatic rings. The van der Waals surface area contributed by atoms with Crippen molar-refractivity contribution in [3.63, 3.8) is 0 Å². The molecule has 0 amide bonds. The first kappa shape index (κ1) is 13.4. The fraction of sp³-hybridized carbons (Fsp3) is 1.00. The molecule has 1 saturated carbocycles. The zero-order valence-corrected chi connectivity index (χ0v) is 12.0. The molecular weight excluding hydrogens is 208 g/mol. The molecule has 1 atom stereocenters. The fourth-order valence-corrected chi connectivity index (χ4v) is 3.17. The van der Waals surface area contributed by atoms with Crippen LogP contribution in [0.4, 0.5) is 0 Å². The Kier molecular flexibility index (Phi) is 4.48. The van der Waals surface area contributed by atoms with E-state index in [2.05, 4.69) is 31.0 Å². The van der Waals surface area contributed by atoms with Gasteiger partial charge in [-0.2, -0.15) is 0 Å². The lowest BCUT2D eigenvalue weighted by molar-refractivity contribution is 0.125. The summed E-state index contributed by atoms with van der Waals surface area (Å²) in [5.41, 5.74) is 0.427. The van der Waals surface area contributed by atoms with E-state index in [1.807, 2.05) is 0 Å². The fourth-order valence-electron chi connectivity index (χ4n) is 3.17. The van der Waals surface area contributed by atoms with Crippen molar-refractivity contribution in [1.29, 1.82) is 0 Å². The van der Waals surface area contributed by atoms with Crippen LogP contribution >= 0.6 is 0 Å². The van der Waals surface area contributed by atoms with E-state index in [-0.39, 0.29) is 0 Å². The summed E-state index contributed by atoms with van der Waals surface area (Å²) in [6.07, 6.45) is 7.09. The zero-order valence-electron chi connectivity index (χ0n) is 12.0. The molecule has 2 nitrogen and oxygen atoms in total. The second-order valence-corrected chi connectivity index (χ2v) is 6.78. The topological polar surface area (TPSA) is 15.3 Å². The van der Waals surface area contributed by atoms with Crippen molar-refractivity contribution in [2.45, 2.75) is 58.4 Å². The molecule has 1 N–H and O–H groups in total. The lowest BCUT2D eigenvalue weighted by Gasteiger charge is -2.42. The molecule has 0 spiro atoms. The van der Waals surface area contributed by atoms with E-state index in [0.717, 1.165) is 11.8 Å². The van der Waals surface area contributed by atoms with Gasteiger partial charge < -0.3 is 10.2 Å². The number of hydrogen-bond acceptors (Lipinski definition) is 2. The van der Waals surface area contributed by atoms with Crippen LogP contribution in [-0.2, 0) is 0 Å². The molecule has 0 aromatic heterocycles. The van der Waals surface area contributed by atoms with Crippen LogP contribution in [0.2, 0.25) is 0 Å². The average Bonchev–Trinajstić information content (AvgIpc) is 3.08. The van der Waals surface area contributed by atoms with Gasteiger partial charge in [-0.05, 0) is 44.6 Å². The Morgan fingerprint density at radius 2 is 2.06 bits per heavy atom. The number of rotatable bonds is 6. The van der Waals surface area contributed by atoms with Gasteiger partial charge in [-0.15, -0.1) is 0 Å². The summed E-state index contributed by atoms with van der Waals surface area (Å²) >= 11 is 0. The summed E-state index contributed by atoms with van der Waals surface area (Å²) < 4.78 is 0. The monoisotopic (exact) mass is 238 g/mol. The van der Waals surface area contributed by atoms with Gasteiger partial charge >= 0.3 is 0 Å². The van der Waals surface area contributed by atoms with Crippen molar-refractivity contribution in [3.8, 4) is 0 Å². The van der Waals surface area contributed by atoms with Crippen LogP contribution in [-0.4, -0.2) is 36.6 Å². The predicted octanol–water partition coefficient (Wildman–Crippen LogP) is 2.89. The van der Waals surface area contributed by atoms with E-state index in [4.69, 9.17) is 0 Å². The summed E-state index contributed by atoms with van der Waals surface area (Å²) in [4.78, 5) is 2.69. The van der Waals surface area contributed by atoms with Crippen LogP contribution in [0.15, 0.2) is 0 Å². The van der Waals surface area contributed by atoms with Crippen LogP contribution in [0.1, 0.15) is 52.9 Å². The Labute approximate surface area is 107 Å². The number of unbranched alkanes of at least 4 members (excludes halogenated alkanes) is 1. The third-order valence-corrected chi connectivity index (χ3v) is 4.49. The summed E-state index contributed by atoms with van der Waals surface area (Å²) in [5, 5.41) is 3.75. The van der Waals surface area contributed by atoms with Gasteiger partial charge in [-0.25, -0.2) is 0 Å². The summed E-state index contributed by atoms with van der Waals surface area (Å²) in [5.74, 6) is 1.83. The first-order valence-corrected chi connectivity index (χ1v) is 7.57. The Bertz CT molecular complexity index is 235. The highest BCUT2D eigenvalue weighted by Gasteiger charge is 2.43. The number of piperazine rings is 1. The highest BCUT2D eigenvalue weighted by molar-refractivity contribution is 5.01. The molecule has 1 unspecified atom stereocenters. The van der Waals surface area contributed by atoms with E-state index in [1.165, 1.54) is 58.3 Å². The third kappa shape index (κ3) is 3.96. The maximum Gasteiger partial charge on any atom is 0.0309 e. The van der Waals surface area contributed by atoms with Crippen molar-refractivity contribution in [2.75, 3.05) is 26.2 Å². The molecule has 1 heterocycles. The first-order chi connectivity index (χ1) is 8.10. The number of nitrogens with zero attached hydrogens (tertiary/aromatic N) is 1. The smallest absolute Gasteiger partial charge is 0.0309 e. The number of nitrogens with one attached hydrogen (secondary N) is 1. The lowest BCUT2D eigenvalue weighted by Crippen LogP contribution is -2.60. The van der Waals surface area contributed by atoms with Gasteiger partial charge in [0, 0.05) is 25.2 Å². The van der Waals surface area contributed by atoms with Crippen molar-refractivity contribution < 1.29 is 0 Å². The Balaban J connectivity index is 1.67. The van der Waals surface area contributed by atoms with E-state index >= 15 is 0 Å². The Morgan fingerprint density at radius 3 is 2.71 bits per heavy atom. The Morgan fingerprint density at radius 1 is 1.29 bits per heavy atom. The second kappa shape index (κ2) is 5.71. The molecule has 2 rings (SSSR count). The minimum atomic E-state index is 0.427. The van der Waals surface area contributed by atoms with Gasteiger partial charge in [0.2, 0.25) is 0 Å². The van der Waals surface area contributed by atoms with E-state index in [0.29, 0.717) is 5.54 Å². The molecule has 1 aliphatic carbocycles. The van der Waals surface area contributed by atoms with E-state index in [1.54, 1.807) is 0 Å². The van der Waals surface area contributed by atoms with Gasteiger partial charge in [0.25, 0.3) is 0 Å². The molecule has 2 heteroatoms. The standard InChI is InChI=1S/C15H30N2/c1-13(2)6-4-5-10-17-11-9-16-15(3,12-17)14-7-8-14/h13-14,16H,4-12H2,1-3H3.